The van der Waals surface area contributed by atoms with Gasteiger partial charge in [-0.25, -0.2) is 0 Å². The number of hydrogen-bond acceptors (Lipinski definition) is 2. The SMILES string of the molecule is CCCC(Br)C(=O)Nc1ccccc1O. The third kappa shape index (κ3) is 3.55. The zero-order chi connectivity index (χ0) is 11.3. The molecular formula is C11H14BrNO2. The lowest BCUT2D eigenvalue weighted by atomic mass is 10.2. The average Bonchev–Trinajstić information content (AvgIpc) is 2.21. The molecule has 1 aromatic rings. The molecule has 0 aliphatic carbocycles. The van der Waals surface area contributed by atoms with Gasteiger partial charge in [-0.05, 0) is 18.6 Å². The first-order valence-corrected chi connectivity index (χ1v) is 5.79. The van der Waals surface area contributed by atoms with E-state index >= 15 is 0 Å². The lowest BCUT2D eigenvalue weighted by Gasteiger charge is -2.10. The topological polar surface area (TPSA) is 49.3 Å². The van der Waals surface area contributed by atoms with Gasteiger partial charge < -0.3 is 10.4 Å². The Morgan fingerprint density at radius 1 is 1.53 bits per heavy atom. The van der Waals surface area contributed by atoms with Gasteiger partial charge in [-0.2, -0.15) is 0 Å². The van der Waals surface area contributed by atoms with Crippen molar-refractivity contribution in [3.8, 4) is 5.75 Å². The summed E-state index contributed by atoms with van der Waals surface area (Å²) in [6, 6.07) is 6.68. The highest BCUT2D eigenvalue weighted by atomic mass is 79.9. The molecule has 0 fully saturated rings. The highest BCUT2D eigenvalue weighted by Crippen LogP contribution is 2.22. The molecule has 15 heavy (non-hydrogen) atoms. The molecule has 82 valence electrons. The van der Waals surface area contributed by atoms with Gasteiger partial charge in [-0.3, -0.25) is 4.79 Å². The Labute approximate surface area is 97.6 Å². The van der Waals surface area contributed by atoms with Crippen LogP contribution in [0.4, 0.5) is 5.69 Å². The van der Waals surface area contributed by atoms with Crippen molar-refractivity contribution in [3.63, 3.8) is 0 Å². The molecule has 0 heterocycles. The Hall–Kier alpha value is -1.03. The number of alkyl halides is 1. The van der Waals surface area contributed by atoms with E-state index in [2.05, 4.69) is 21.2 Å². The van der Waals surface area contributed by atoms with Crippen molar-refractivity contribution < 1.29 is 9.90 Å². The molecule has 1 amide bonds. The molecule has 0 saturated heterocycles. The summed E-state index contributed by atoms with van der Waals surface area (Å²) >= 11 is 3.29. The average molecular weight is 272 g/mol. The van der Waals surface area contributed by atoms with Gasteiger partial charge in [-0.15, -0.1) is 0 Å². The second kappa shape index (κ2) is 5.75. The van der Waals surface area contributed by atoms with Gasteiger partial charge in [-0.1, -0.05) is 41.4 Å². The first-order chi connectivity index (χ1) is 7.15. The Kier molecular flexibility index (Phi) is 4.62. The molecule has 3 nitrogen and oxygen atoms in total. The van der Waals surface area contributed by atoms with Crippen LogP contribution in [0.3, 0.4) is 0 Å². The number of carbonyl (C=O) groups excluding carboxylic acids is 1. The smallest absolute Gasteiger partial charge is 0.238 e. The van der Waals surface area contributed by atoms with Gasteiger partial charge in [0.25, 0.3) is 0 Å². The quantitative estimate of drug-likeness (QED) is 0.654. The van der Waals surface area contributed by atoms with Gasteiger partial charge in [0.1, 0.15) is 5.75 Å². The highest BCUT2D eigenvalue weighted by molar-refractivity contribution is 9.10. The second-order valence-electron chi connectivity index (χ2n) is 3.26. The molecule has 0 aliphatic rings. The summed E-state index contributed by atoms with van der Waals surface area (Å²) in [5, 5.41) is 12.1. The number of phenolic OH excluding ortho intramolecular Hbond substituents is 1. The van der Waals surface area contributed by atoms with Crippen LogP contribution in [0.25, 0.3) is 0 Å². The Morgan fingerprint density at radius 3 is 2.80 bits per heavy atom. The van der Waals surface area contributed by atoms with Crippen LogP contribution in [-0.4, -0.2) is 15.8 Å². The zero-order valence-corrected chi connectivity index (χ0v) is 10.1. The Morgan fingerprint density at radius 2 is 2.20 bits per heavy atom. The fraction of sp³-hybridized carbons (Fsp3) is 0.364. The van der Waals surface area contributed by atoms with Crippen molar-refractivity contribution in [2.75, 3.05) is 5.32 Å². The maximum absolute atomic E-state index is 11.6. The van der Waals surface area contributed by atoms with Crippen LogP contribution in [0, 0.1) is 0 Å². The van der Waals surface area contributed by atoms with Crippen molar-refractivity contribution in [3.05, 3.63) is 24.3 Å². The number of amides is 1. The number of para-hydroxylation sites is 2. The summed E-state index contributed by atoms with van der Waals surface area (Å²) in [5.41, 5.74) is 0.447. The molecule has 0 aromatic heterocycles. The minimum atomic E-state index is -0.206. The van der Waals surface area contributed by atoms with E-state index in [1.165, 1.54) is 0 Å². The van der Waals surface area contributed by atoms with E-state index in [9.17, 15) is 9.90 Å². The minimum absolute atomic E-state index is 0.0852. The largest absolute Gasteiger partial charge is 0.506 e. The molecule has 4 heteroatoms. The van der Waals surface area contributed by atoms with E-state index in [0.29, 0.717) is 5.69 Å². The number of carbonyl (C=O) groups is 1. The molecule has 1 aromatic carbocycles. The second-order valence-corrected chi connectivity index (χ2v) is 4.37. The molecule has 0 bridgehead atoms. The normalized spacial score (nSPS) is 12.1. The summed E-state index contributed by atoms with van der Waals surface area (Å²) < 4.78 is 0. The lowest BCUT2D eigenvalue weighted by Crippen LogP contribution is -2.22. The Balaban J connectivity index is 2.62. The molecule has 2 N–H and O–H groups in total. The number of aromatic hydroxyl groups is 1. The molecule has 0 aliphatic heterocycles. The number of nitrogens with one attached hydrogen (secondary N) is 1. The van der Waals surface area contributed by atoms with Crippen molar-refractivity contribution in [2.24, 2.45) is 0 Å². The van der Waals surface area contributed by atoms with E-state index in [0.717, 1.165) is 12.8 Å². The maximum atomic E-state index is 11.6. The third-order valence-electron chi connectivity index (χ3n) is 1.99. The van der Waals surface area contributed by atoms with Gasteiger partial charge >= 0.3 is 0 Å². The fourth-order valence-corrected chi connectivity index (χ4v) is 1.75. The van der Waals surface area contributed by atoms with Gasteiger partial charge in [0.15, 0.2) is 0 Å². The highest BCUT2D eigenvalue weighted by Gasteiger charge is 2.14. The van der Waals surface area contributed by atoms with Crippen molar-refractivity contribution in [1.29, 1.82) is 0 Å². The third-order valence-corrected chi connectivity index (χ3v) is 2.86. The van der Waals surface area contributed by atoms with E-state index in [-0.39, 0.29) is 16.5 Å². The molecule has 1 rings (SSSR count). The predicted molar refractivity (Wildman–Crippen MR) is 64.4 cm³/mol. The summed E-state index contributed by atoms with van der Waals surface area (Å²) in [6.07, 6.45) is 1.71. The number of benzene rings is 1. The van der Waals surface area contributed by atoms with E-state index < -0.39 is 0 Å². The van der Waals surface area contributed by atoms with Crippen LogP contribution in [0.5, 0.6) is 5.75 Å². The summed E-state index contributed by atoms with van der Waals surface area (Å²) in [7, 11) is 0. The molecule has 1 unspecified atom stereocenters. The van der Waals surface area contributed by atoms with Crippen molar-refractivity contribution in [2.45, 2.75) is 24.6 Å². The minimum Gasteiger partial charge on any atom is -0.506 e. The standard InChI is InChI=1S/C11H14BrNO2/c1-2-5-8(12)11(15)13-9-6-3-4-7-10(9)14/h3-4,6-8,14H,2,5H2,1H3,(H,13,15). The van der Waals surface area contributed by atoms with Crippen molar-refractivity contribution >= 4 is 27.5 Å². The molecule has 0 radical (unpaired) electrons. The van der Waals surface area contributed by atoms with E-state index in [4.69, 9.17) is 0 Å². The first kappa shape index (κ1) is 12.0. The van der Waals surface area contributed by atoms with Gasteiger partial charge in [0.2, 0.25) is 5.91 Å². The Bertz CT molecular complexity index is 341. The van der Waals surface area contributed by atoms with E-state index in [1.807, 2.05) is 6.92 Å². The van der Waals surface area contributed by atoms with E-state index in [1.54, 1.807) is 24.3 Å². The molecule has 0 spiro atoms. The van der Waals surface area contributed by atoms with Crippen LogP contribution in [-0.2, 0) is 4.79 Å². The number of anilines is 1. The van der Waals surface area contributed by atoms with Crippen molar-refractivity contribution in [1.82, 2.24) is 0 Å². The number of halogens is 1. The van der Waals surface area contributed by atoms with Crippen LogP contribution >= 0.6 is 15.9 Å². The molecule has 1 atom stereocenters. The molecular weight excluding hydrogens is 258 g/mol. The van der Waals surface area contributed by atoms with Gasteiger partial charge in [0.05, 0.1) is 10.5 Å². The monoisotopic (exact) mass is 271 g/mol. The summed E-state index contributed by atoms with van der Waals surface area (Å²) in [4.78, 5) is 11.4. The number of rotatable bonds is 4. The van der Waals surface area contributed by atoms with Crippen LogP contribution in [0.1, 0.15) is 19.8 Å². The van der Waals surface area contributed by atoms with Gasteiger partial charge in [0, 0.05) is 0 Å². The predicted octanol–water partition coefficient (Wildman–Crippen LogP) is 2.89. The maximum Gasteiger partial charge on any atom is 0.238 e. The van der Waals surface area contributed by atoms with Crippen LogP contribution < -0.4 is 5.32 Å². The first-order valence-electron chi connectivity index (χ1n) is 4.88. The summed E-state index contributed by atoms with van der Waals surface area (Å²) in [6.45, 7) is 2.02. The summed E-state index contributed by atoms with van der Waals surface area (Å²) in [5.74, 6) is -0.0413. The van der Waals surface area contributed by atoms with Crippen LogP contribution in [0.15, 0.2) is 24.3 Å². The van der Waals surface area contributed by atoms with Crippen LogP contribution in [0.2, 0.25) is 0 Å². The fourth-order valence-electron chi connectivity index (χ4n) is 1.17. The zero-order valence-electron chi connectivity index (χ0n) is 8.53. The molecule has 0 saturated carbocycles. The lowest BCUT2D eigenvalue weighted by molar-refractivity contribution is -0.115. The number of hydrogen-bond donors (Lipinski definition) is 2. The number of phenols is 1.